The number of hydrogen-bond donors (Lipinski definition) is 0. The molecule has 0 bridgehead atoms. The van der Waals surface area contributed by atoms with Gasteiger partial charge in [-0.25, -0.2) is 0 Å². The van der Waals surface area contributed by atoms with E-state index in [1.807, 2.05) is 0 Å². The van der Waals surface area contributed by atoms with Crippen molar-refractivity contribution in [3.8, 4) is 5.75 Å². The Kier molecular flexibility index (Phi) is 3.96. The fourth-order valence-corrected chi connectivity index (χ4v) is 1.62. The lowest BCUT2D eigenvalue weighted by atomic mass is 10.3. The lowest BCUT2D eigenvalue weighted by Crippen LogP contribution is -2.20. The fourth-order valence-electron chi connectivity index (χ4n) is 0.844. The zero-order chi connectivity index (χ0) is 10.7. The minimum Gasteiger partial charge on any atom is -0.482 e. The Bertz CT molecular complexity index is 352. The maximum absolute atomic E-state index is 11.0. The third-order valence-corrected chi connectivity index (χ3v) is 2.62. The van der Waals surface area contributed by atoms with Crippen LogP contribution in [0.15, 0.2) is 22.7 Å². The van der Waals surface area contributed by atoms with Crippen LogP contribution in [0.4, 0.5) is 0 Å². The van der Waals surface area contributed by atoms with Gasteiger partial charge in [-0.3, -0.25) is 4.79 Å². The van der Waals surface area contributed by atoms with Crippen molar-refractivity contribution in [3.05, 3.63) is 27.7 Å². The molecule has 0 aromatic heterocycles. The first kappa shape index (κ1) is 11.5. The number of Topliss-reactive ketones (excluding diaryl/α,β-unsaturated/α-hetero) is 1. The monoisotopic (exact) mass is 276 g/mol. The van der Waals surface area contributed by atoms with Gasteiger partial charge >= 0.3 is 0 Å². The highest BCUT2D eigenvalue weighted by molar-refractivity contribution is 9.10. The van der Waals surface area contributed by atoms with Crippen molar-refractivity contribution in [2.45, 2.75) is 20.0 Å². The zero-order valence-electron chi connectivity index (χ0n) is 7.88. The van der Waals surface area contributed by atoms with Gasteiger partial charge in [0, 0.05) is 5.02 Å². The maximum Gasteiger partial charge on any atom is 0.169 e. The predicted molar refractivity (Wildman–Crippen MR) is 59.9 cm³/mol. The fraction of sp³-hybridized carbons (Fsp3) is 0.300. The number of ether oxygens (including phenoxy) is 1. The SMILES string of the molecule is CC(=O)C(C)Oc1ccc(Cl)cc1Br. The van der Waals surface area contributed by atoms with Gasteiger partial charge in [-0.05, 0) is 48.0 Å². The van der Waals surface area contributed by atoms with Crippen LogP contribution in [-0.2, 0) is 4.79 Å². The van der Waals surface area contributed by atoms with E-state index >= 15 is 0 Å². The molecule has 0 saturated heterocycles. The van der Waals surface area contributed by atoms with Gasteiger partial charge < -0.3 is 4.74 Å². The summed E-state index contributed by atoms with van der Waals surface area (Å²) in [6, 6.07) is 5.17. The third kappa shape index (κ3) is 3.00. The minimum atomic E-state index is -0.438. The molecule has 1 aromatic rings. The largest absolute Gasteiger partial charge is 0.482 e. The number of carbonyl (C=O) groups excluding carboxylic acids is 1. The number of rotatable bonds is 3. The van der Waals surface area contributed by atoms with Crippen LogP contribution in [0, 0.1) is 0 Å². The molecule has 0 spiro atoms. The quantitative estimate of drug-likeness (QED) is 0.846. The van der Waals surface area contributed by atoms with Crippen molar-refractivity contribution in [3.63, 3.8) is 0 Å². The van der Waals surface area contributed by atoms with Gasteiger partial charge in [0.2, 0.25) is 0 Å². The lowest BCUT2D eigenvalue weighted by Gasteiger charge is -2.12. The highest BCUT2D eigenvalue weighted by Crippen LogP contribution is 2.28. The summed E-state index contributed by atoms with van der Waals surface area (Å²) in [6.07, 6.45) is -0.438. The zero-order valence-corrected chi connectivity index (χ0v) is 10.2. The molecule has 0 aliphatic heterocycles. The number of carbonyl (C=O) groups is 1. The Hall–Kier alpha value is -0.540. The molecule has 0 aliphatic rings. The van der Waals surface area contributed by atoms with Gasteiger partial charge in [0.15, 0.2) is 11.9 Å². The second-order valence-electron chi connectivity index (χ2n) is 2.95. The van der Waals surface area contributed by atoms with Crippen molar-refractivity contribution >= 4 is 33.3 Å². The summed E-state index contributed by atoms with van der Waals surface area (Å²) in [7, 11) is 0. The second kappa shape index (κ2) is 4.80. The summed E-state index contributed by atoms with van der Waals surface area (Å²) in [4.78, 5) is 11.0. The number of benzene rings is 1. The highest BCUT2D eigenvalue weighted by Gasteiger charge is 2.11. The van der Waals surface area contributed by atoms with E-state index in [9.17, 15) is 4.79 Å². The summed E-state index contributed by atoms with van der Waals surface area (Å²) in [5, 5.41) is 0.625. The van der Waals surface area contributed by atoms with Crippen LogP contribution in [0.2, 0.25) is 5.02 Å². The predicted octanol–water partition coefficient (Wildman–Crippen LogP) is 3.46. The molecule has 0 saturated carbocycles. The smallest absolute Gasteiger partial charge is 0.169 e. The molecule has 76 valence electrons. The molecule has 0 fully saturated rings. The molecule has 1 atom stereocenters. The van der Waals surface area contributed by atoms with Gasteiger partial charge in [-0.15, -0.1) is 0 Å². The van der Waals surface area contributed by atoms with Crippen LogP contribution in [-0.4, -0.2) is 11.9 Å². The molecule has 2 nitrogen and oxygen atoms in total. The Labute approximate surface area is 96.3 Å². The van der Waals surface area contributed by atoms with Crippen LogP contribution in [0.5, 0.6) is 5.75 Å². The average molecular weight is 278 g/mol. The first-order valence-electron chi connectivity index (χ1n) is 4.13. The van der Waals surface area contributed by atoms with E-state index in [1.54, 1.807) is 25.1 Å². The molecule has 0 aliphatic carbocycles. The highest BCUT2D eigenvalue weighted by atomic mass is 79.9. The van der Waals surface area contributed by atoms with Gasteiger partial charge in [0.1, 0.15) is 5.75 Å². The minimum absolute atomic E-state index is 0.00755. The Morgan fingerprint density at radius 3 is 2.71 bits per heavy atom. The van der Waals surface area contributed by atoms with Crippen molar-refractivity contribution in [1.82, 2.24) is 0 Å². The molecule has 0 amide bonds. The van der Waals surface area contributed by atoms with Crippen molar-refractivity contribution in [2.24, 2.45) is 0 Å². The molecular formula is C10H10BrClO2. The molecule has 4 heteroatoms. The first-order chi connectivity index (χ1) is 6.50. The average Bonchev–Trinajstić information content (AvgIpc) is 2.09. The van der Waals surface area contributed by atoms with E-state index in [-0.39, 0.29) is 5.78 Å². The number of ketones is 1. The lowest BCUT2D eigenvalue weighted by molar-refractivity contribution is -0.122. The van der Waals surface area contributed by atoms with Crippen molar-refractivity contribution in [2.75, 3.05) is 0 Å². The van der Waals surface area contributed by atoms with E-state index < -0.39 is 6.10 Å². The van der Waals surface area contributed by atoms with Crippen LogP contribution >= 0.6 is 27.5 Å². The van der Waals surface area contributed by atoms with Crippen LogP contribution < -0.4 is 4.74 Å². The normalized spacial score (nSPS) is 12.3. The standard InChI is InChI=1S/C10H10BrClO2/c1-6(13)7(2)14-10-4-3-8(12)5-9(10)11/h3-5,7H,1-2H3. The molecular weight excluding hydrogens is 267 g/mol. The molecule has 0 N–H and O–H groups in total. The van der Waals surface area contributed by atoms with Gasteiger partial charge in [-0.1, -0.05) is 11.6 Å². The number of halogens is 2. The third-order valence-electron chi connectivity index (χ3n) is 1.77. The van der Waals surface area contributed by atoms with Crippen LogP contribution in [0.25, 0.3) is 0 Å². The van der Waals surface area contributed by atoms with Gasteiger partial charge in [-0.2, -0.15) is 0 Å². The molecule has 1 rings (SSSR count). The molecule has 14 heavy (non-hydrogen) atoms. The van der Waals surface area contributed by atoms with E-state index in [4.69, 9.17) is 16.3 Å². The Balaban J connectivity index is 2.82. The van der Waals surface area contributed by atoms with E-state index in [1.165, 1.54) is 6.92 Å². The Morgan fingerprint density at radius 2 is 2.21 bits per heavy atom. The number of hydrogen-bond acceptors (Lipinski definition) is 2. The second-order valence-corrected chi connectivity index (χ2v) is 4.24. The summed E-state index contributed by atoms with van der Waals surface area (Å²) in [5.41, 5.74) is 0. The van der Waals surface area contributed by atoms with E-state index in [0.717, 1.165) is 4.47 Å². The van der Waals surface area contributed by atoms with E-state index in [2.05, 4.69) is 15.9 Å². The van der Waals surface area contributed by atoms with Crippen molar-refractivity contribution < 1.29 is 9.53 Å². The molecule has 0 heterocycles. The summed E-state index contributed by atoms with van der Waals surface area (Å²) < 4.78 is 6.15. The molecule has 1 aromatic carbocycles. The summed E-state index contributed by atoms with van der Waals surface area (Å²) >= 11 is 9.07. The summed E-state index contributed by atoms with van der Waals surface area (Å²) in [6.45, 7) is 3.21. The van der Waals surface area contributed by atoms with E-state index in [0.29, 0.717) is 10.8 Å². The van der Waals surface area contributed by atoms with Gasteiger partial charge in [0.05, 0.1) is 4.47 Å². The van der Waals surface area contributed by atoms with Crippen LogP contribution in [0.3, 0.4) is 0 Å². The molecule has 1 unspecified atom stereocenters. The maximum atomic E-state index is 11.0. The van der Waals surface area contributed by atoms with Crippen LogP contribution in [0.1, 0.15) is 13.8 Å². The van der Waals surface area contributed by atoms with Crippen molar-refractivity contribution in [1.29, 1.82) is 0 Å². The summed E-state index contributed by atoms with van der Waals surface area (Å²) in [5.74, 6) is 0.615. The first-order valence-corrected chi connectivity index (χ1v) is 5.30. The Morgan fingerprint density at radius 1 is 1.57 bits per heavy atom. The van der Waals surface area contributed by atoms with Gasteiger partial charge in [0.25, 0.3) is 0 Å². The topological polar surface area (TPSA) is 26.3 Å². The molecule has 0 radical (unpaired) electrons.